The maximum absolute atomic E-state index is 6.05. The van der Waals surface area contributed by atoms with E-state index in [9.17, 15) is 0 Å². The van der Waals surface area contributed by atoms with Crippen LogP contribution < -0.4 is 10.6 Å². The second-order valence-corrected chi connectivity index (χ2v) is 4.70. The number of rotatable bonds is 4. The van der Waals surface area contributed by atoms with E-state index in [0.717, 1.165) is 6.54 Å². The van der Waals surface area contributed by atoms with E-state index < -0.39 is 0 Å². The van der Waals surface area contributed by atoms with E-state index in [4.69, 9.17) is 11.6 Å². The van der Waals surface area contributed by atoms with Crippen LogP contribution >= 0.6 is 11.6 Å². The van der Waals surface area contributed by atoms with Gasteiger partial charge in [-0.1, -0.05) is 11.6 Å². The van der Waals surface area contributed by atoms with Crippen molar-refractivity contribution in [2.75, 3.05) is 37.8 Å². The van der Waals surface area contributed by atoms with Gasteiger partial charge in [0, 0.05) is 19.6 Å². The standard InChI is InChI=1S/C11H18ClN5/c1-13-11-15-7-9(12)10(16-11)14-6-8-4-3-5-17(8)2/h7-8H,3-6H2,1-2H3,(H2,13,14,15,16). The molecule has 1 atom stereocenters. The van der Waals surface area contributed by atoms with Crippen LogP contribution in [0.3, 0.4) is 0 Å². The zero-order chi connectivity index (χ0) is 12.3. The maximum Gasteiger partial charge on any atom is 0.224 e. The Morgan fingerprint density at radius 1 is 1.59 bits per heavy atom. The number of aromatic nitrogens is 2. The molecule has 2 rings (SSSR count). The first-order chi connectivity index (χ1) is 8.20. The van der Waals surface area contributed by atoms with Gasteiger partial charge in [0.05, 0.1) is 6.20 Å². The smallest absolute Gasteiger partial charge is 0.224 e. The van der Waals surface area contributed by atoms with Gasteiger partial charge in [0.1, 0.15) is 5.02 Å². The van der Waals surface area contributed by atoms with Gasteiger partial charge < -0.3 is 15.5 Å². The largest absolute Gasteiger partial charge is 0.367 e. The Morgan fingerprint density at radius 2 is 2.41 bits per heavy atom. The van der Waals surface area contributed by atoms with Crippen LogP contribution in [0, 0.1) is 0 Å². The van der Waals surface area contributed by atoms with Crippen LogP contribution in [0.15, 0.2) is 6.20 Å². The number of hydrogen-bond acceptors (Lipinski definition) is 5. The van der Waals surface area contributed by atoms with Gasteiger partial charge in [-0.15, -0.1) is 0 Å². The molecule has 2 heterocycles. The normalized spacial score (nSPS) is 20.5. The highest BCUT2D eigenvalue weighted by atomic mass is 35.5. The molecule has 6 heteroatoms. The number of likely N-dealkylation sites (N-methyl/N-ethyl adjacent to an activating group) is 1. The predicted octanol–water partition coefficient (Wildman–Crippen LogP) is 1.68. The zero-order valence-corrected chi connectivity index (χ0v) is 11.0. The Labute approximate surface area is 107 Å². The topological polar surface area (TPSA) is 53.1 Å². The van der Waals surface area contributed by atoms with Crippen LogP contribution in [-0.2, 0) is 0 Å². The SMILES string of the molecule is CNc1ncc(Cl)c(NCC2CCCN2C)n1. The van der Waals surface area contributed by atoms with Crippen LogP contribution in [0.1, 0.15) is 12.8 Å². The predicted molar refractivity (Wildman–Crippen MR) is 70.7 cm³/mol. The average molecular weight is 256 g/mol. The fraction of sp³-hybridized carbons (Fsp3) is 0.636. The molecule has 0 amide bonds. The first-order valence-corrected chi connectivity index (χ1v) is 6.23. The lowest BCUT2D eigenvalue weighted by Crippen LogP contribution is -2.31. The third-order valence-electron chi connectivity index (χ3n) is 3.14. The van der Waals surface area contributed by atoms with E-state index in [-0.39, 0.29) is 0 Å². The molecule has 17 heavy (non-hydrogen) atoms. The van der Waals surface area contributed by atoms with Gasteiger partial charge in [0.2, 0.25) is 5.95 Å². The number of anilines is 2. The molecule has 0 saturated carbocycles. The lowest BCUT2D eigenvalue weighted by Gasteiger charge is -2.20. The Kier molecular flexibility index (Phi) is 4.02. The second-order valence-electron chi connectivity index (χ2n) is 4.30. The number of nitrogens with one attached hydrogen (secondary N) is 2. The summed E-state index contributed by atoms with van der Waals surface area (Å²) in [7, 11) is 3.94. The van der Waals surface area contributed by atoms with Crippen molar-refractivity contribution in [2.24, 2.45) is 0 Å². The fourth-order valence-corrected chi connectivity index (χ4v) is 2.22. The van der Waals surface area contributed by atoms with Crippen molar-refractivity contribution in [1.82, 2.24) is 14.9 Å². The van der Waals surface area contributed by atoms with Crippen molar-refractivity contribution >= 4 is 23.4 Å². The van der Waals surface area contributed by atoms with Crippen LogP contribution in [0.25, 0.3) is 0 Å². The average Bonchev–Trinajstić information content (AvgIpc) is 2.74. The van der Waals surface area contributed by atoms with E-state index in [1.807, 2.05) is 0 Å². The first kappa shape index (κ1) is 12.4. The van der Waals surface area contributed by atoms with Gasteiger partial charge in [0.15, 0.2) is 5.82 Å². The van der Waals surface area contributed by atoms with Crippen molar-refractivity contribution in [3.05, 3.63) is 11.2 Å². The van der Waals surface area contributed by atoms with Crippen molar-refractivity contribution in [3.8, 4) is 0 Å². The Bertz CT molecular complexity index is 384. The highest BCUT2D eigenvalue weighted by molar-refractivity contribution is 6.32. The highest BCUT2D eigenvalue weighted by Crippen LogP contribution is 2.21. The van der Waals surface area contributed by atoms with E-state index in [2.05, 4.69) is 32.5 Å². The van der Waals surface area contributed by atoms with Crippen LogP contribution in [-0.4, -0.2) is 48.1 Å². The van der Waals surface area contributed by atoms with Crippen molar-refractivity contribution in [3.63, 3.8) is 0 Å². The Morgan fingerprint density at radius 3 is 3.06 bits per heavy atom. The molecule has 94 valence electrons. The van der Waals surface area contributed by atoms with E-state index in [0.29, 0.717) is 22.8 Å². The molecule has 1 aromatic heterocycles. The monoisotopic (exact) mass is 255 g/mol. The third kappa shape index (κ3) is 2.98. The van der Waals surface area contributed by atoms with Gasteiger partial charge in [-0.2, -0.15) is 4.98 Å². The molecule has 0 radical (unpaired) electrons. The lowest BCUT2D eigenvalue weighted by molar-refractivity contribution is 0.322. The molecular formula is C11H18ClN5. The van der Waals surface area contributed by atoms with Crippen molar-refractivity contribution in [2.45, 2.75) is 18.9 Å². The summed E-state index contributed by atoms with van der Waals surface area (Å²) < 4.78 is 0. The quantitative estimate of drug-likeness (QED) is 0.857. The first-order valence-electron chi connectivity index (χ1n) is 5.85. The summed E-state index contributed by atoms with van der Waals surface area (Å²) in [5.41, 5.74) is 0. The molecule has 0 bridgehead atoms. The fourth-order valence-electron chi connectivity index (χ4n) is 2.06. The van der Waals surface area contributed by atoms with Crippen LogP contribution in [0.4, 0.5) is 11.8 Å². The van der Waals surface area contributed by atoms with Crippen LogP contribution in [0.2, 0.25) is 5.02 Å². The molecule has 1 saturated heterocycles. The van der Waals surface area contributed by atoms with E-state index in [1.54, 1.807) is 13.2 Å². The zero-order valence-electron chi connectivity index (χ0n) is 10.2. The summed E-state index contributed by atoms with van der Waals surface area (Å²) in [5.74, 6) is 1.28. The third-order valence-corrected chi connectivity index (χ3v) is 3.42. The van der Waals surface area contributed by atoms with E-state index >= 15 is 0 Å². The molecular weight excluding hydrogens is 238 g/mol. The Balaban J connectivity index is 1.98. The molecule has 0 aliphatic carbocycles. The summed E-state index contributed by atoms with van der Waals surface area (Å²) in [4.78, 5) is 10.7. The van der Waals surface area contributed by atoms with Gasteiger partial charge in [-0.3, -0.25) is 0 Å². The molecule has 1 fully saturated rings. The van der Waals surface area contributed by atoms with Crippen molar-refractivity contribution in [1.29, 1.82) is 0 Å². The number of likely N-dealkylation sites (tertiary alicyclic amines) is 1. The second kappa shape index (κ2) is 5.51. The minimum atomic E-state index is 0.560. The van der Waals surface area contributed by atoms with E-state index in [1.165, 1.54) is 19.4 Å². The summed E-state index contributed by atoms with van der Waals surface area (Å²) in [6, 6.07) is 0.569. The number of hydrogen-bond donors (Lipinski definition) is 2. The molecule has 1 aliphatic rings. The maximum atomic E-state index is 6.05. The molecule has 0 aromatic carbocycles. The van der Waals surface area contributed by atoms with Gasteiger partial charge in [0.25, 0.3) is 0 Å². The molecule has 5 nitrogen and oxygen atoms in total. The van der Waals surface area contributed by atoms with Gasteiger partial charge >= 0.3 is 0 Å². The molecule has 2 N–H and O–H groups in total. The summed E-state index contributed by atoms with van der Waals surface area (Å²) in [6.45, 7) is 2.04. The minimum absolute atomic E-state index is 0.560. The number of nitrogens with zero attached hydrogens (tertiary/aromatic N) is 3. The molecule has 1 unspecified atom stereocenters. The lowest BCUT2D eigenvalue weighted by atomic mass is 10.2. The van der Waals surface area contributed by atoms with Gasteiger partial charge in [-0.05, 0) is 26.4 Å². The summed E-state index contributed by atoms with van der Waals surface area (Å²) >= 11 is 6.05. The van der Waals surface area contributed by atoms with Crippen LogP contribution in [0.5, 0.6) is 0 Å². The van der Waals surface area contributed by atoms with Gasteiger partial charge in [-0.25, -0.2) is 4.98 Å². The summed E-state index contributed by atoms with van der Waals surface area (Å²) in [5, 5.41) is 6.76. The molecule has 0 spiro atoms. The van der Waals surface area contributed by atoms with Crippen molar-refractivity contribution < 1.29 is 0 Å². The Hall–Kier alpha value is -1.07. The highest BCUT2D eigenvalue weighted by Gasteiger charge is 2.20. The summed E-state index contributed by atoms with van der Waals surface area (Å²) in [6.07, 6.45) is 4.11. The molecule has 1 aromatic rings. The molecule has 1 aliphatic heterocycles. The minimum Gasteiger partial charge on any atom is -0.367 e. The number of halogens is 1.